The number of hydrogen-bond donors (Lipinski definition) is 2. The Labute approximate surface area is 165 Å². The van der Waals surface area contributed by atoms with Crippen LogP contribution in [-0.2, 0) is 4.79 Å². The van der Waals surface area contributed by atoms with Crippen LogP contribution in [0.5, 0.6) is 0 Å². The molecule has 1 aromatic carbocycles. The van der Waals surface area contributed by atoms with Crippen molar-refractivity contribution >= 4 is 55.8 Å². The smallest absolute Gasteiger partial charge is 0.244 e. The number of rotatable bonds is 6. The van der Waals surface area contributed by atoms with Crippen molar-refractivity contribution in [3.8, 4) is 0 Å². The largest absolute Gasteiger partial charge is 0.395 e. The van der Waals surface area contributed by atoms with Gasteiger partial charge in [-0.2, -0.15) is 0 Å². The number of pyridine rings is 1. The molecule has 3 aromatic rings. The Morgan fingerprint density at radius 2 is 2.11 bits per heavy atom. The van der Waals surface area contributed by atoms with Crippen molar-refractivity contribution in [2.45, 2.75) is 6.04 Å². The summed E-state index contributed by atoms with van der Waals surface area (Å²) >= 11 is 7.29. The van der Waals surface area contributed by atoms with Crippen molar-refractivity contribution in [3.63, 3.8) is 0 Å². The monoisotopic (exact) mass is 403 g/mol. The first-order valence-corrected chi connectivity index (χ1v) is 9.67. The minimum absolute atomic E-state index is 0.0543. The van der Waals surface area contributed by atoms with E-state index in [0.717, 1.165) is 21.9 Å². The van der Waals surface area contributed by atoms with Crippen LogP contribution in [0.15, 0.2) is 36.4 Å². The molecule has 1 aliphatic rings. The number of carbonyl (C=O) groups excluding carboxylic acids is 1. The number of β-amino-alcohol motifs (C(OH)–C–C–N with tert-alkyl or cyclic N) is 1. The Bertz CT molecular complexity index is 978. The minimum Gasteiger partial charge on any atom is -0.395 e. The highest BCUT2D eigenvalue weighted by atomic mass is 35.5. The average Bonchev–Trinajstić information content (AvgIpc) is 3.32. The second-order valence-electron chi connectivity index (χ2n) is 6.27. The SMILES string of the molecule is CN(c1ccc(Cl)cc1)c1ccc2nc(NC(=O)C3CN3CCO)sc2n1. The molecule has 1 fully saturated rings. The maximum absolute atomic E-state index is 12.2. The summed E-state index contributed by atoms with van der Waals surface area (Å²) in [6, 6.07) is 11.1. The molecule has 9 heteroatoms. The number of halogens is 1. The van der Waals surface area contributed by atoms with Gasteiger partial charge in [-0.05, 0) is 36.4 Å². The van der Waals surface area contributed by atoms with Gasteiger partial charge in [0.15, 0.2) is 5.13 Å². The Morgan fingerprint density at radius 1 is 1.33 bits per heavy atom. The number of anilines is 3. The third-order valence-electron chi connectivity index (χ3n) is 4.43. The van der Waals surface area contributed by atoms with Crippen LogP contribution in [-0.4, -0.2) is 58.7 Å². The number of nitrogens with one attached hydrogen (secondary N) is 1. The van der Waals surface area contributed by atoms with Crippen molar-refractivity contribution in [1.29, 1.82) is 0 Å². The van der Waals surface area contributed by atoms with Crippen LogP contribution >= 0.6 is 22.9 Å². The van der Waals surface area contributed by atoms with E-state index in [1.165, 1.54) is 11.3 Å². The Hall–Kier alpha value is -2.26. The van der Waals surface area contributed by atoms with E-state index in [1.54, 1.807) is 0 Å². The quantitative estimate of drug-likeness (QED) is 0.616. The summed E-state index contributed by atoms with van der Waals surface area (Å²) in [6.07, 6.45) is 0. The first-order chi connectivity index (χ1) is 13.0. The van der Waals surface area contributed by atoms with Gasteiger partial charge in [-0.25, -0.2) is 9.97 Å². The number of aliphatic hydroxyl groups excluding tert-OH is 1. The van der Waals surface area contributed by atoms with Crippen molar-refractivity contribution < 1.29 is 9.90 Å². The number of amides is 1. The van der Waals surface area contributed by atoms with E-state index in [1.807, 2.05) is 53.2 Å². The van der Waals surface area contributed by atoms with Crippen LogP contribution in [0.25, 0.3) is 10.3 Å². The molecule has 0 aliphatic carbocycles. The lowest BCUT2D eigenvalue weighted by Gasteiger charge is -2.18. The topological polar surface area (TPSA) is 81.4 Å². The first-order valence-electron chi connectivity index (χ1n) is 8.48. The lowest BCUT2D eigenvalue weighted by atomic mass is 10.3. The van der Waals surface area contributed by atoms with E-state index in [9.17, 15) is 4.79 Å². The van der Waals surface area contributed by atoms with Crippen molar-refractivity contribution in [2.75, 3.05) is 37.0 Å². The maximum atomic E-state index is 12.2. The lowest BCUT2D eigenvalue weighted by Crippen LogP contribution is -2.22. The summed E-state index contributed by atoms with van der Waals surface area (Å²) in [7, 11) is 1.93. The summed E-state index contributed by atoms with van der Waals surface area (Å²) in [5.74, 6) is 0.684. The Kier molecular flexibility index (Phi) is 4.96. The number of nitrogens with zero attached hydrogens (tertiary/aromatic N) is 4. The average molecular weight is 404 g/mol. The van der Waals surface area contributed by atoms with Gasteiger partial charge in [0.05, 0.1) is 6.61 Å². The molecule has 2 aromatic heterocycles. The lowest BCUT2D eigenvalue weighted by molar-refractivity contribution is -0.116. The molecule has 2 unspecified atom stereocenters. The molecular formula is C18H18ClN5O2S. The van der Waals surface area contributed by atoms with Gasteiger partial charge < -0.3 is 15.3 Å². The van der Waals surface area contributed by atoms with Gasteiger partial charge in [-0.1, -0.05) is 22.9 Å². The first kappa shape index (κ1) is 18.1. The number of benzene rings is 1. The van der Waals surface area contributed by atoms with E-state index in [0.29, 0.717) is 23.2 Å². The van der Waals surface area contributed by atoms with E-state index in [4.69, 9.17) is 16.7 Å². The molecule has 1 saturated heterocycles. The summed E-state index contributed by atoms with van der Waals surface area (Å²) in [4.78, 5) is 25.9. The predicted octanol–water partition coefficient (Wildman–Crippen LogP) is 2.73. The van der Waals surface area contributed by atoms with Gasteiger partial charge in [0.1, 0.15) is 22.2 Å². The summed E-state index contributed by atoms with van der Waals surface area (Å²) in [5.41, 5.74) is 1.72. The van der Waals surface area contributed by atoms with Gasteiger partial charge in [0, 0.05) is 30.8 Å². The maximum Gasteiger partial charge on any atom is 0.244 e. The highest BCUT2D eigenvalue weighted by molar-refractivity contribution is 7.22. The molecule has 2 atom stereocenters. The fraction of sp³-hybridized carbons (Fsp3) is 0.278. The van der Waals surface area contributed by atoms with Gasteiger partial charge in [0.25, 0.3) is 0 Å². The number of fused-ring (bicyclic) bond motifs is 1. The second-order valence-corrected chi connectivity index (χ2v) is 7.69. The van der Waals surface area contributed by atoms with Crippen LogP contribution in [0, 0.1) is 0 Å². The minimum atomic E-state index is -0.177. The molecule has 4 rings (SSSR count). The molecule has 1 aliphatic heterocycles. The molecule has 0 saturated carbocycles. The number of carbonyl (C=O) groups is 1. The number of thiazole rings is 1. The van der Waals surface area contributed by atoms with E-state index >= 15 is 0 Å². The van der Waals surface area contributed by atoms with Crippen LogP contribution < -0.4 is 10.2 Å². The number of aromatic nitrogens is 2. The van der Waals surface area contributed by atoms with Crippen molar-refractivity contribution in [2.24, 2.45) is 0 Å². The fourth-order valence-corrected chi connectivity index (χ4v) is 3.79. The van der Waals surface area contributed by atoms with Gasteiger partial charge in [0.2, 0.25) is 5.91 Å². The molecule has 7 nitrogen and oxygen atoms in total. The Balaban J connectivity index is 1.50. The normalized spacial score (nSPS) is 18.5. The van der Waals surface area contributed by atoms with Gasteiger partial charge in [-0.3, -0.25) is 9.69 Å². The number of aliphatic hydroxyl groups is 1. The standard InChI is InChI=1S/C18H18ClN5O2S/c1-23(12-4-2-11(19)3-5-12)15-7-6-13-17(21-15)27-18(20-13)22-16(26)14-10-24(14)8-9-25/h2-7,14,25H,8-10H2,1H3,(H,20,22,26). The molecule has 2 N–H and O–H groups in total. The van der Waals surface area contributed by atoms with E-state index in [-0.39, 0.29) is 18.6 Å². The Morgan fingerprint density at radius 3 is 2.85 bits per heavy atom. The highest BCUT2D eigenvalue weighted by Gasteiger charge is 2.39. The summed E-state index contributed by atoms with van der Waals surface area (Å²) in [5, 5.41) is 13.0. The molecule has 0 radical (unpaired) electrons. The zero-order valence-corrected chi connectivity index (χ0v) is 16.2. The third-order valence-corrected chi connectivity index (χ3v) is 5.57. The fourth-order valence-electron chi connectivity index (χ4n) is 2.83. The second kappa shape index (κ2) is 7.40. The molecule has 140 valence electrons. The van der Waals surface area contributed by atoms with Crippen molar-refractivity contribution in [1.82, 2.24) is 14.9 Å². The van der Waals surface area contributed by atoms with E-state index < -0.39 is 0 Å². The van der Waals surface area contributed by atoms with Gasteiger partial charge in [-0.15, -0.1) is 0 Å². The predicted molar refractivity (Wildman–Crippen MR) is 108 cm³/mol. The zero-order chi connectivity index (χ0) is 19.0. The summed E-state index contributed by atoms with van der Waals surface area (Å²) in [6.45, 7) is 1.24. The van der Waals surface area contributed by atoms with E-state index in [2.05, 4.69) is 15.3 Å². The van der Waals surface area contributed by atoms with Gasteiger partial charge >= 0.3 is 0 Å². The highest BCUT2D eigenvalue weighted by Crippen LogP contribution is 2.30. The molecule has 3 heterocycles. The van der Waals surface area contributed by atoms with Crippen LogP contribution in [0.1, 0.15) is 0 Å². The van der Waals surface area contributed by atoms with Crippen LogP contribution in [0.2, 0.25) is 5.02 Å². The molecular weight excluding hydrogens is 386 g/mol. The molecule has 0 bridgehead atoms. The van der Waals surface area contributed by atoms with Crippen LogP contribution in [0.4, 0.5) is 16.6 Å². The molecule has 1 amide bonds. The third kappa shape index (κ3) is 3.89. The number of hydrogen-bond acceptors (Lipinski definition) is 7. The van der Waals surface area contributed by atoms with Crippen LogP contribution in [0.3, 0.4) is 0 Å². The molecule has 0 spiro atoms. The molecule has 27 heavy (non-hydrogen) atoms. The summed E-state index contributed by atoms with van der Waals surface area (Å²) < 4.78 is 0. The van der Waals surface area contributed by atoms with Crippen molar-refractivity contribution in [3.05, 3.63) is 41.4 Å². The zero-order valence-electron chi connectivity index (χ0n) is 14.6.